The number of carbonyl (C=O) groups is 1. The summed E-state index contributed by atoms with van der Waals surface area (Å²) in [7, 11) is 1.49. The van der Waals surface area contributed by atoms with E-state index in [-0.39, 0.29) is 16.4 Å². The van der Waals surface area contributed by atoms with Crippen molar-refractivity contribution >= 4 is 51.3 Å². The molecule has 0 bridgehead atoms. The van der Waals surface area contributed by atoms with Crippen LogP contribution in [-0.2, 0) is 7.05 Å². The highest BCUT2D eigenvalue weighted by Gasteiger charge is 2.15. The lowest BCUT2D eigenvalue weighted by atomic mass is 10.1. The van der Waals surface area contributed by atoms with Crippen LogP contribution in [0.3, 0.4) is 0 Å². The molecule has 0 fully saturated rings. The van der Waals surface area contributed by atoms with Crippen LogP contribution in [0, 0.1) is 6.92 Å². The van der Waals surface area contributed by atoms with Crippen molar-refractivity contribution < 1.29 is 4.79 Å². The molecule has 2 aromatic carbocycles. The van der Waals surface area contributed by atoms with Gasteiger partial charge in [-0.15, -0.1) is 0 Å². The van der Waals surface area contributed by atoms with E-state index >= 15 is 0 Å². The number of rotatable bonds is 2. The molecule has 0 aliphatic heterocycles. The van der Waals surface area contributed by atoms with Gasteiger partial charge in [-0.1, -0.05) is 35.9 Å². The molecular weight excluding hydrogens is 386 g/mol. The topological polar surface area (TPSA) is 88.0 Å². The zero-order valence-electron chi connectivity index (χ0n) is 14.5. The van der Waals surface area contributed by atoms with E-state index in [4.69, 9.17) is 23.8 Å². The fraction of sp³-hybridized carbons (Fsp3) is 0.111. The normalized spacial score (nSPS) is 10.5. The molecule has 0 radical (unpaired) electrons. The first-order valence-corrected chi connectivity index (χ1v) is 8.75. The first-order chi connectivity index (χ1) is 12.9. The van der Waals surface area contributed by atoms with Crippen molar-refractivity contribution in [3.63, 3.8) is 0 Å². The van der Waals surface area contributed by atoms with Crippen molar-refractivity contribution in [1.29, 1.82) is 0 Å². The third-order valence-corrected chi connectivity index (χ3v) is 4.50. The first kappa shape index (κ1) is 18.8. The van der Waals surface area contributed by atoms with Crippen molar-refractivity contribution in [2.24, 2.45) is 7.05 Å². The van der Waals surface area contributed by atoms with Crippen molar-refractivity contribution in [3.8, 4) is 0 Å². The van der Waals surface area contributed by atoms with Gasteiger partial charge in [0.25, 0.3) is 11.5 Å². The number of nitrogens with one attached hydrogen (secondary N) is 3. The van der Waals surface area contributed by atoms with Gasteiger partial charge in [-0.25, -0.2) is 4.68 Å². The summed E-state index contributed by atoms with van der Waals surface area (Å²) in [6.07, 6.45) is 0. The predicted octanol–water partition coefficient (Wildman–Crippen LogP) is 2.53. The second kappa shape index (κ2) is 7.73. The smallest absolute Gasteiger partial charge is 0.290 e. The average Bonchev–Trinajstić information content (AvgIpc) is 2.66. The Bertz CT molecular complexity index is 1110. The summed E-state index contributed by atoms with van der Waals surface area (Å²) in [6, 6.07) is 12.2. The Morgan fingerprint density at radius 3 is 2.56 bits per heavy atom. The number of amides is 1. The highest BCUT2D eigenvalue weighted by Crippen LogP contribution is 2.19. The van der Waals surface area contributed by atoms with Crippen molar-refractivity contribution in [3.05, 3.63) is 69.1 Å². The molecule has 138 valence electrons. The van der Waals surface area contributed by atoms with E-state index in [1.165, 1.54) is 7.05 Å². The summed E-state index contributed by atoms with van der Waals surface area (Å²) < 4.78 is 1.13. The molecular formula is C18H16ClN5O2S. The van der Waals surface area contributed by atoms with Crippen LogP contribution in [-0.4, -0.2) is 20.8 Å². The lowest BCUT2D eigenvalue weighted by molar-refractivity contribution is 0.0939. The molecule has 0 unspecified atom stereocenters. The van der Waals surface area contributed by atoms with Crippen LogP contribution in [0.25, 0.3) is 10.8 Å². The molecule has 0 atom stereocenters. The first-order valence-electron chi connectivity index (χ1n) is 7.96. The molecule has 3 aromatic rings. The molecule has 7 nitrogen and oxygen atoms in total. The van der Waals surface area contributed by atoms with Crippen molar-refractivity contribution in [2.75, 3.05) is 5.32 Å². The van der Waals surface area contributed by atoms with Gasteiger partial charge < -0.3 is 5.32 Å². The molecule has 3 rings (SSSR count). The van der Waals surface area contributed by atoms with Gasteiger partial charge in [-0.05, 0) is 42.9 Å². The molecule has 1 amide bonds. The largest absolute Gasteiger partial charge is 0.331 e. The number of carbonyl (C=O) groups excluding carboxylic acids is 1. The maximum atomic E-state index is 12.5. The SMILES string of the molecule is Cc1ccc(NC(=S)NNC(=O)c2nn(C)c(=O)c3ccccc23)cc1Cl. The lowest BCUT2D eigenvalue weighted by Crippen LogP contribution is -2.44. The molecule has 1 aromatic heterocycles. The maximum Gasteiger partial charge on any atom is 0.290 e. The highest BCUT2D eigenvalue weighted by molar-refractivity contribution is 7.80. The van der Waals surface area contributed by atoms with Crippen LogP contribution in [0.15, 0.2) is 47.3 Å². The zero-order valence-corrected chi connectivity index (χ0v) is 16.1. The van der Waals surface area contributed by atoms with Crippen LogP contribution in [0.2, 0.25) is 5.02 Å². The Balaban J connectivity index is 1.73. The van der Waals surface area contributed by atoms with Gasteiger partial charge in [0, 0.05) is 23.1 Å². The van der Waals surface area contributed by atoms with E-state index in [2.05, 4.69) is 21.3 Å². The molecule has 0 aliphatic carbocycles. The van der Waals surface area contributed by atoms with Gasteiger partial charge in [0.15, 0.2) is 10.8 Å². The van der Waals surface area contributed by atoms with Gasteiger partial charge >= 0.3 is 0 Å². The number of hydrogen-bond acceptors (Lipinski definition) is 4. The summed E-state index contributed by atoms with van der Waals surface area (Å²) in [4.78, 5) is 24.7. The van der Waals surface area contributed by atoms with Gasteiger partial charge in [-0.2, -0.15) is 5.10 Å². The maximum absolute atomic E-state index is 12.5. The number of thiocarbonyl (C=S) groups is 1. The summed E-state index contributed by atoms with van der Waals surface area (Å²) in [5.74, 6) is -0.520. The molecule has 0 spiro atoms. The van der Waals surface area contributed by atoms with Crippen LogP contribution >= 0.6 is 23.8 Å². The van der Waals surface area contributed by atoms with E-state index < -0.39 is 5.91 Å². The minimum absolute atomic E-state index is 0.112. The average molecular weight is 402 g/mol. The Morgan fingerprint density at radius 1 is 1.15 bits per heavy atom. The zero-order chi connectivity index (χ0) is 19.6. The second-order valence-corrected chi connectivity index (χ2v) is 6.64. The van der Waals surface area contributed by atoms with E-state index in [9.17, 15) is 9.59 Å². The summed E-state index contributed by atoms with van der Waals surface area (Å²) in [5.41, 5.74) is 6.56. The van der Waals surface area contributed by atoms with Gasteiger partial charge in [-0.3, -0.25) is 20.4 Å². The Labute approximate surface area is 165 Å². The molecule has 1 heterocycles. The summed E-state index contributed by atoms with van der Waals surface area (Å²) >= 11 is 11.2. The van der Waals surface area contributed by atoms with E-state index in [0.29, 0.717) is 21.5 Å². The van der Waals surface area contributed by atoms with Crippen molar-refractivity contribution in [1.82, 2.24) is 20.6 Å². The minimum Gasteiger partial charge on any atom is -0.331 e. The number of hydrogen-bond donors (Lipinski definition) is 3. The summed E-state index contributed by atoms with van der Waals surface area (Å²) in [5, 5.41) is 8.63. The van der Waals surface area contributed by atoms with Gasteiger partial charge in [0.2, 0.25) is 0 Å². The van der Waals surface area contributed by atoms with Crippen LogP contribution in [0.5, 0.6) is 0 Å². The van der Waals surface area contributed by atoms with Crippen LogP contribution in [0.4, 0.5) is 5.69 Å². The monoisotopic (exact) mass is 401 g/mol. The van der Waals surface area contributed by atoms with Gasteiger partial charge in [0.1, 0.15) is 0 Å². The minimum atomic E-state index is -0.520. The second-order valence-electron chi connectivity index (χ2n) is 5.82. The lowest BCUT2D eigenvalue weighted by Gasteiger charge is -2.13. The Morgan fingerprint density at radius 2 is 1.85 bits per heavy atom. The van der Waals surface area contributed by atoms with Crippen LogP contribution < -0.4 is 21.7 Å². The number of aromatic nitrogens is 2. The number of nitrogens with zero attached hydrogens (tertiary/aromatic N) is 2. The van der Waals surface area contributed by atoms with Gasteiger partial charge in [0.05, 0.1) is 5.39 Å². The number of benzene rings is 2. The van der Waals surface area contributed by atoms with Crippen LogP contribution in [0.1, 0.15) is 16.1 Å². The third kappa shape index (κ3) is 4.07. The number of fused-ring (bicyclic) bond motifs is 1. The number of aryl methyl sites for hydroxylation is 2. The highest BCUT2D eigenvalue weighted by atomic mass is 35.5. The molecule has 3 N–H and O–H groups in total. The molecule has 0 aliphatic rings. The standard InChI is InChI=1S/C18H16ClN5O2S/c1-10-7-8-11(9-14(10)19)20-18(27)22-21-16(25)15-12-5-3-4-6-13(12)17(26)24(2)23-15/h3-9H,1-2H3,(H,21,25)(H2,20,22,27). The Hall–Kier alpha value is -2.97. The van der Waals surface area contributed by atoms with E-state index in [1.807, 2.05) is 19.1 Å². The van der Waals surface area contributed by atoms with Crippen molar-refractivity contribution in [2.45, 2.75) is 6.92 Å². The molecule has 0 saturated carbocycles. The number of hydrazine groups is 1. The fourth-order valence-electron chi connectivity index (χ4n) is 2.47. The molecule has 0 saturated heterocycles. The van der Waals surface area contributed by atoms with E-state index in [1.54, 1.807) is 30.3 Å². The predicted molar refractivity (Wildman–Crippen MR) is 110 cm³/mol. The quantitative estimate of drug-likeness (QED) is 0.452. The van der Waals surface area contributed by atoms with E-state index in [0.717, 1.165) is 10.2 Å². The fourth-order valence-corrected chi connectivity index (χ4v) is 2.82. The third-order valence-electron chi connectivity index (χ3n) is 3.89. The summed E-state index contributed by atoms with van der Waals surface area (Å²) in [6.45, 7) is 1.90. The molecule has 27 heavy (non-hydrogen) atoms. The molecule has 9 heteroatoms. The number of anilines is 1. The number of halogens is 1. The Kier molecular flexibility index (Phi) is 5.38.